The monoisotopic (exact) mass is 989 g/mol. The molecule has 3 aliphatic heterocycles. The Balaban J connectivity index is 0.720. The standard InChI is InChI=1S/C53H59N13O5S/c1-63(2)32-57-50-38(26-54)44-40(72-50)7-5-13-53(44)12-4-6-36-46(62-71-47(36)53)48-59-42(25-43(60-48)70-34-27-55-31-56-28-34)69-30-52(14-15-52)29-65-20-16-51(17-21-65)18-22-66(23-19-51)33-8-9-35-39(24-33)64(3)61-45(35)37-10-11-41(67)58-49(37)68/h8-9,24-25,27-28,31-32,37H,4-7,10-23,29-30H2,1-3H3,(H,58,67,68)/t37?,53-/m0/s1. The Bertz CT molecular complexity index is 3130. The van der Waals surface area contributed by atoms with E-state index >= 15 is 0 Å². The van der Waals surface area contributed by atoms with Crippen molar-refractivity contribution in [3.63, 3.8) is 0 Å². The molecule has 3 aliphatic carbocycles. The fourth-order valence-corrected chi connectivity index (χ4v) is 13.6. The number of nitrogens with one attached hydrogen (secondary N) is 1. The second-order valence-corrected chi connectivity index (χ2v) is 22.4. The van der Waals surface area contributed by atoms with Gasteiger partial charge in [-0.2, -0.15) is 20.3 Å². The van der Waals surface area contributed by atoms with E-state index in [-0.39, 0.29) is 17.2 Å². The second kappa shape index (κ2) is 18.4. The number of likely N-dealkylation sites (tertiary alicyclic amines) is 1. The summed E-state index contributed by atoms with van der Waals surface area (Å²) in [6.45, 7) is 5.68. The molecule has 0 bridgehead atoms. The molecular weight excluding hydrogens is 931 g/mol. The molecule has 8 heterocycles. The van der Waals surface area contributed by atoms with Gasteiger partial charge in [-0.3, -0.25) is 19.6 Å². The fraction of sp³-hybridized carbons (Fsp3) is 0.509. The van der Waals surface area contributed by atoms with Crippen LogP contribution in [0.25, 0.3) is 22.4 Å². The van der Waals surface area contributed by atoms with Crippen molar-refractivity contribution in [2.75, 3.05) is 58.3 Å². The van der Waals surface area contributed by atoms with E-state index in [9.17, 15) is 14.9 Å². The van der Waals surface area contributed by atoms with Crippen molar-refractivity contribution in [2.45, 2.75) is 101 Å². The second-order valence-electron chi connectivity index (χ2n) is 21.3. The molecule has 6 aromatic rings. The number of carbonyl (C=O) groups is 2. The SMILES string of the molecule is CN(C)C=Nc1sc2c(c1C#N)[C@@]1(CCC2)CCCc2c(-c3nc(OCC4(CN5CCC6(CC5)CCN(c5ccc7c(C8CCC(=O)NC8=O)nn(C)c7c5)CC6)CC4)cc(Oc4cncnc4)n3)noc21. The van der Waals surface area contributed by atoms with Gasteiger partial charge in [0.25, 0.3) is 0 Å². The molecule has 1 N–H and O–H groups in total. The quantitative estimate of drug-likeness (QED) is 0.0706. The predicted molar refractivity (Wildman–Crippen MR) is 270 cm³/mol. The molecule has 19 heteroatoms. The van der Waals surface area contributed by atoms with Crippen molar-refractivity contribution >= 4 is 51.1 Å². The number of rotatable bonds is 12. The number of aliphatic imine (C=N–C) groups is 1. The first kappa shape index (κ1) is 46.3. The number of piperidine rings is 3. The van der Waals surface area contributed by atoms with Crippen LogP contribution in [0.3, 0.4) is 0 Å². The van der Waals surface area contributed by atoms with Crippen LogP contribution in [0.15, 0.2) is 52.5 Å². The van der Waals surface area contributed by atoms with E-state index in [4.69, 9.17) is 39.2 Å². The highest BCUT2D eigenvalue weighted by atomic mass is 32.1. The molecule has 372 valence electrons. The number of anilines is 1. The number of aryl methyl sites for hydroxylation is 2. The summed E-state index contributed by atoms with van der Waals surface area (Å²) in [7, 11) is 5.79. The van der Waals surface area contributed by atoms with Crippen molar-refractivity contribution in [2.24, 2.45) is 22.9 Å². The predicted octanol–water partition coefficient (Wildman–Crippen LogP) is 7.78. The van der Waals surface area contributed by atoms with Crippen LogP contribution < -0.4 is 19.7 Å². The van der Waals surface area contributed by atoms with E-state index in [2.05, 4.69) is 49.4 Å². The largest absolute Gasteiger partial charge is 0.477 e. The number of nitriles is 1. The summed E-state index contributed by atoms with van der Waals surface area (Å²) in [6, 6.07) is 10.7. The van der Waals surface area contributed by atoms with Gasteiger partial charge >= 0.3 is 0 Å². The van der Waals surface area contributed by atoms with Gasteiger partial charge < -0.3 is 28.7 Å². The van der Waals surface area contributed by atoms with Crippen molar-refractivity contribution in [1.82, 2.24) is 50.0 Å². The highest BCUT2D eigenvalue weighted by Crippen LogP contribution is 2.56. The molecule has 2 spiro atoms. The maximum atomic E-state index is 12.7. The van der Waals surface area contributed by atoms with E-state index < -0.39 is 11.3 Å². The molecule has 5 aromatic heterocycles. The number of thiophene rings is 1. The number of nitrogens with zero attached hydrogens (tertiary/aromatic N) is 12. The third-order valence-electron chi connectivity index (χ3n) is 16.5. The lowest BCUT2D eigenvalue weighted by Crippen LogP contribution is -2.48. The summed E-state index contributed by atoms with van der Waals surface area (Å²) in [4.78, 5) is 55.6. The molecule has 3 saturated heterocycles. The Hall–Kier alpha value is -6.78. The van der Waals surface area contributed by atoms with Crippen LogP contribution in [0.4, 0.5) is 10.7 Å². The first-order valence-electron chi connectivity index (χ1n) is 25.5. The molecule has 0 radical (unpaired) electrons. The molecule has 2 amide bonds. The molecule has 2 atom stereocenters. The molecule has 1 aromatic carbocycles. The van der Waals surface area contributed by atoms with Crippen LogP contribution in [0.5, 0.6) is 17.5 Å². The van der Waals surface area contributed by atoms with Crippen LogP contribution >= 0.6 is 11.3 Å². The lowest BCUT2D eigenvalue weighted by atomic mass is 9.63. The number of fused-ring (bicyclic) bond motifs is 5. The van der Waals surface area contributed by atoms with Crippen LogP contribution in [0.2, 0.25) is 0 Å². The lowest BCUT2D eigenvalue weighted by Gasteiger charge is -2.48. The Kier molecular flexibility index (Phi) is 11.8. The zero-order chi connectivity index (χ0) is 49.2. The lowest BCUT2D eigenvalue weighted by molar-refractivity contribution is -0.134. The molecule has 6 aliphatic rings. The van der Waals surface area contributed by atoms with Crippen molar-refractivity contribution in [3.8, 4) is 35.1 Å². The van der Waals surface area contributed by atoms with Crippen LogP contribution in [-0.4, -0.2) is 116 Å². The Morgan fingerprint density at radius 3 is 2.49 bits per heavy atom. The highest BCUT2D eigenvalue weighted by molar-refractivity contribution is 7.16. The fourth-order valence-electron chi connectivity index (χ4n) is 12.4. The number of imide groups is 1. The third kappa shape index (κ3) is 8.55. The smallest absolute Gasteiger partial charge is 0.235 e. The molecule has 1 unspecified atom stereocenters. The van der Waals surface area contributed by atoms with E-state index in [1.807, 2.05) is 30.7 Å². The van der Waals surface area contributed by atoms with Crippen LogP contribution in [-0.2, 0) is 34.9 Å². The first-order valence-corrected chi connectivity index (χ1v) is 26.3. The van der Waals surface area contributed by atoms with Crippen LogP contribution in [0, 0.1) is 22.2 Å². The number of benzene rings is 1. The number of ether oxygens (including phenoxy) is 2. The summed E-state index contributed by atoms with van der Waals surface area (Å²) in [6.07, 6.45) is 19.4. The zero-order valence-electron chi connectivity index (χ0n) is 41.2. The van der Waals surface area contributed by atoms with Gasteiger partial charge in [-0.05, 0) is 126 Å². The molecule has 4 fully saturated rings. The summed E-state index contributed by atoms with van der Waals surface area (Å²) < 4.78 is 21.2. The van der Waals surface area contributed by atoms with Gasteiger partial charge in [0.2, 0.25) is 23.6 Å². The van der Waals surface area contributed by atoms with Gasteiger partial charge in [-0.15, -0.1) is 11.3 Å². The number of carbonyl (C=O) groups excluding carboxylic acids is 2. The molecule has 1 saturated carbocycles. The highest BCUT2D eigenvalue weighted by Gasteiger charge is 2.50. The maximum absolute atomic E-state index is 12.7. The number of hydrogen-bond acceptors (Lipinski definition) is 16. The average Bonchev–Trinajstić information content (AvgIpc) is 3.66. The Morgan fingerprint density at radius 2 is 1.74 bits per heavy atom. The minimum Gasteiger partial charge on any atom is -0.477 e. The Morgan fingerprint density at radius 1 is 0.972 bits per heavy atom. The topological polar surface area (TPSA) is 206 Å². The normalized spacial score (nSPS) is 22.5. The number of aromatic nitrogens is 7. The summed E-state index contributed by atoms with van der Waals surface area (Å²) in [5.74, 6) is 1.44. The van der Waals surface area contributed by atoms with Crippen molar-refractivity contribution in [1.29, 1.82) is 5.26 Å². The molecule has 12 rings (SSSR count). The van der Waals surface area contributed by atoms with Gasteiger partial charge in [-0.1, -0.05) is 5.16 Å². The Labute approximate surface area is 421 Å². The van der Waals surface area contributed by atoms with Crippen LogP contribution in [0.1, 0.15) is 116 Å². The minimum atomic E-state index is -0.483. The number of hydrogen-bond donors (Lipinski definition) is 1. The third-order valence-corrected chi connectivity index (χ3v) is 17.6. The number of amides is 2. The van der Waals surface area contributed by atoms with Gasteiger partial charge in [0.05, 0.1) is 59.5 Å². The van der Waals surface area contributed by atoms with E-state index in [1.54, 1.807) is 36.1 Å². The maximum Gasteiger partial charge on any atom is 0.235 e. The van der Waals surface area contributed by atoms with Gasteiger partial charge in [0.15, 0.2) is 23.0 Å². The molecular formula is C53H59N13O5S. The van der Waals surface area contributed by atoms with Gasteiger partial charge in [0, 0.05) is 74.1 Å². The first-order chi connectivity index (χ1) is 35.0. The van der Waals surface area contributed by atoms with E-state index in [0.717, 1.165) is 135 Å². The minimum absolute atomic E-state index is 0.0440. The summed E-state index contributed by atoms with van der Waals surface area (Å²) >= 11 is 1.61. The summed E-state index contributed by atoms with van der Waals surface area (Å²) in [5.41, 5.74) is 6.07. The summed E-state index contributed by atoms with van der Waals surface area (Å²) in [5, 5.41) is 24.2. The van der Waals surface area contributed by atoms with Gasteiger partial charge in [0.1, 0.15) is 17.4 Å². The van der Waals surface area contributed by atoms with Crippen molar-refractivity contribution in [3.05, 3.63) is 76.0 Å². The van der Waals surface area contributed by atoms with Gasteiger partial charge in [-0.25, -0.2) is 15.0 Å². The average molecular weight is 990 g/mol. The van der Waals surface area contributed by atoms with E-state index in [1.165, 1.54) is 29.7 Å². The van der Waals surface area contributed by atoms with E-state index in [0.29, 0.717) is 59.5 Å². The van der Waals surface area contributed by atoms with Crippen molar-refractivity contribution < 1.29 is 23.6 Å². The molecule has 72 heavy (non-hydrogen) atoms. The zero-order valence-corrected chi connectivity index (χ0v) is 42.0. The molecule has 18 nitrogen and oxygen atoms in total.